The minimum absolute atomic E-state index is 0.115. The number of fused-ring (bicyclic) bond motifs is 1. The number of hydrogen-bond acceptors (Lipinski definition) is 6. The van der Waals surface area contributed by atoms with Gasteiger partial charge in [-0.3, -0.25) is 4.79 Å². The summed E-state index contributed by atoms with van der Waals surface area (Å²) >= 11 is 1.57. The van der Waals surface area contributed by atoms with Crippen LogP contribution in [0.1, 0.15) is 34.2 Å². The van der Waals surface area contributed by atoms with Gasteiger partial charge in [0, 0.05) is 34.4 Å². The van der Waals surface area contributed by atoms with E-state index in [0.29, 0.717) is 29.1 Å². The number of nitrogens with zero attached hydrogens (tertiary/aromatic N) is 5. The average molecular weight is 460 g/mol. The lowest BCUT2D eigenvalue weighted by Gasteiger charge is -2.11. The van der Waals surface area contributed by atoms with Crippen LogP contribution in [0.2, 0.25) is 0 Å². The Kier molecular flexibility index (Phi) is 5.68. The highest BCUT2D eigenvalue weighted by Crippen LogP contribution is 2.27. The normalized spacial score (nSPS) is 11.8. The highest BCUT2D eigenvalue weighted by atomic mass is 32.1. The average Bonchev–Trinajstić information content (AvgIpc) is 3.35. The van der Waals surface area contributed by atoms with Crippen molar-refractivity contribution in [2.45, 2.75) is 39.8 Å². The van der Waals surface area contributed by atoms with Gasteiger partial charge in [0.05, 0.1) is 10.7 Å². The molecule has 0 bridgehead atoms. The van der Waals surface area contributed by atoms with Crippen LogP contribution in [-0.4, -0.2) is 30.5 Å². The Labute approximate surface area is 185 Å². The molecule has 0 aliphatic rings. The third-order valence-corrected chi connectivity index (χ3v) is 5.76. The summed E-state index contributed by atoms with van der Waals surface area (Å²) in [5.74, 6) is -1.56. The molecule has 0 atom stereocenters. The van der Waals surface area contributed by atoms with Crippen molar-refractivity contribution in [3.05, 3.63) is 57.4 Å². The molecule has 1 aromatic carbocycles. The van der Waals surface area contributed by atoms with Crippen LogP contribution in [0.15, 0.2) is 29.6 Å². The van der Waals surface area contributed by atoms with Crippen LogP contribution in [0.4, 0.5) is 18.9 Å². The van der Waals surface area contributed by atoms with Crippen LogP contribution in [0.5, 0.6) is 0 Å². The molecule has 32 heavy (non-hydrogen) atoms. The molecular formula is C21H19F3N6OS. The first kappa shape index (κ1) is 21.9. The number of benzene rings is 1. The molecular weight excluding hydrogens is 441 g/mol. The van der Waals surface area contributed by atoms with E-state index >= 15 is 0 Å². The summed E-state index contributed by atoms with van der Waals surface area (Å²) in [5, 5.41) is 9.32. The predicted molar refractivity (Wildman–Crippen MR) is 114 cm³/mol. The van der Waals surface area contributed by atoms with E-state index in [1.165, 1.54) is 0 Å². The lowest BCUT2D eigenvalue weighted by molar-refractivity contribution is -0.144. The third kappa shape index (κ3) is 4.47. The van der Waals surface area contributed by atoms with Crippen molar-refractivity contribution in [1.29, 1.82) is 0 Å². The molecule has 0 unspecified atom stereocenters. The van der Waals surface area contributed by atoms with Gasteiger partial charge in [0.15, 0.2) is 0 Å². The number of anilines is 1. The minimum Gasteiger partial charge on any atom is -0.326 e. The molecule has 3 heterocycles. The maximum atomic E-state index is 12.9. The van der Waals surface area contributed by atoms with Crippen molar-refractivity contribution >= 4 is 28.7 Å². The van der Waals surface area contributed by atoms with Crippen molar-refractivity contribution in [2.75, 3.05) is 5.32 Å². The number of carbonyl (C=O) groups excluding carboxylic acids is 1. The number of alkyl halides is 3. The smallest absolute Gasteiger partial charge is 0.326 e. The van der Waals surface area contributed by atoms with Crippen LogP contribution in [-0.2, 0) is 17.4 Å². The number of thiazole rings is 1. The van der Waals surface area contributed by atoms with E-state index in [1.54, 1.807) is 37.3 Å². The summed E-state index contributed by atoms with van der Waals surface area (Å²) in [6, 6.07) is 7.39. The number of nitrogens with one attached hydrogen (secondary N) is 1. The summed E-state index contributed by atoms with van der Waals surface area (Å²) < 4.78 is 39.8. The summed E-state index contributed by atoms with van der Waals surface area (Å²) in [4.78, 5) is 24.5. The molecule has 166 valence electrons. The SMILES string of the molecule is Cc1nc(-c2ccc(NC(=O)CCc3c(C)nc4nc(C(F)(F)F)nn4c3C)cc2)cs1. The maximum absolute atomic E-state index is 12.9. The number of carbonyl (C=O) groups is 1. The van der Waals surface area contributed by atoms with Gasteiger partial charge >= 0.3 is 6.18 Å². The Morgan fingerprint density at radius 3 is 2.44 bits per heavy atom. The number of amides is 1. The molecule has 0 spiro atoms. The summed E-state index contributed by atoms with van der Waals surface area (Å²) in [6.45, 7) is 5.27. The Hall–Kier alpha value is -3.34. The van der Waals surface area contributed by atoms with E-state index in [-0.39, 0.29) is 18.1 Å². The molecule has 11 heteroatoms. The molecule has 0 aliphatic carbocycles. The zero-order valence-electron chi connectivity index (χ0n) is 17.5. The Bertz CT molecular complexity index is 1290. The van der Waals surface area contributed by atoms with Gasteiger partial charge in [0.25, 0.3) is 11.6 Å². The van der Waals surface area contributed by atoms with Crippen LogP contribution in [0.25, 0.3) is 17.0 Å². The van der Waals surface area contributed by atoms with Crippen LogP contribution in [0, 0.1) is 20.8 Å². The maximum Gasteiger partial charge on any atom is 0.453 e. The molecule has 4 rings (SSSR count). The fraction of sp³-hybridized carbons (Fsp3) is 0.286. The van der Waals surface area contributed by atoms with E-state index in [1.807, 2.05) is 24.4 Å². The fourth-order valence-electron chi connectivity index (χ4n) is 3.37. The first-order valence-corrected chi connectivity index (χ1v) is 10.6. The number of aromatic nitrogens is 5. The van der Waals surface area contributed by atoms with Gasteiger partial charge in [-0.1, -0.05) is 12.1 Å². The summed E-state index contributed by atoms with van der Waals surface area (Å²) in [7, 11) is 0. The monoisotopic (exact) mass is 460 g/mol. The Morgan fingerprint density at radius 2 is 1.81 bits per heavy atom. The first-order chi connectivity index (χ1) is 15.1. The molecule has 3 aromatic heterocycles. The van der Waals surface area contributed by atoms with Crippen molar-refractivity contribution in [1.82, 2.24) is 24.6 Å². The van der Waals surface area contributed by atoms with Crippen molar-refractivity contribution < 1.29 is 18.0 Å². The third-order valence-electron chi connectivity index (χ3n) is 4.99. The Balaban J connectivity index is 1.44. The van der Waals surface area contributed by atoms with Gasteiger partial charge in [-0.05, 0) is 44.9 Å². The van der Waals surface area contributed by atoms with Crippen LogP contribution < -0.4 is 5.32 Å². The zero-order chi connectivity index (χ0) is 23.0. The largest absolute Gasteiger partial charge is 0.453 e. The molecule has 0 radical (unpaired) electrons. The minimum atomic E-state index is -4.65. The second-order valence-corrected chi connectivity index (χ2v) is 8.35. The molecule has 0 saturated carbocycles. The molecule has 0 fully saturated rings. The van der Waals surface area contributed by atoms with Crippen molar-refractivity contribution in [3.63, 3.8) is 0 Å². The highest BCUT2D eigenvalue weighted by molar-refractivity contribution is 7.09. The number of aryl methyl sites for hydroxylation is 3. The lowest BCUT2D eigenvalue weighted by atomic mass is 10.1. The van der Waals surface area contributed by atoms with Crippen LogP contribution in [0.3, 0.4) is 0 Å². The Morgan fingerprint density at radius 1 is 1.09 bits per heavy atom. The van der Waals surface area contributed by atoms with E-state index in [4.69, 9.17) is 0 Å². The number of halogens is 3. The van der Waals surface area contributed by atoms with E-state index in [2.05, 4.69) is 25.4 Å². The first-order valence-electron chi connectivity index (χ1n) is 9.74. The lowest BCUT2D eigenvalue weighted by Crippen LogP contribution is -2.14. The molecule has 0 saturated heterocycles. The van der Waals surface area contributed by atoms with Crippen LogP contribution >= 0.6 is 11.3 Å². The van der Waals surface area contributed by atoms with Gasteiger partial charge in [0.2, 0.25) is 5.91 Å². The molecule has 1 amide bonds. The molecule has 0 aliphatic heterocycles. The number of rotatable bonds is 5. The van der Waals surface area contributed by atoms with E-state index < -0.39 is 12.0 Å². The van der Waals surface area contributed by atoms with Gasteiger partial charge < -0.3 is 5.32 Å². The van der Waals surface area contributed by atoms with Gasteiger partial charge in [-0.25, -0.2) is 14.5 Å². The fourth-order valence-corrected chi connectivity index (χ4v) is 3.99. The van der Waals surface area contributed by atoms with Gasteiger partial charge in [-0.2, -0.15) is 18.2 Å². The van der Waals surface area contributed by atoms with Crippen molar-refractivity contribution in [3.8, 4) is 11.3 Å². The van der Waals surface area contributed by atoms with E-state index in [0.717, 1.165) is 20.8 Å². The molecule has 4 aromatic rings. The quantitative estimate of drug-likeness (QED) is 0.464. The molecule has 7 nitrogen and oxygen atoms in total. The van der Waals surface area contributed by atoms with E-state index in [9.17, 15) is 18.0 Å². The van der Waals surface area contributed by atoms with Crippen molar-refractivity contribution in [2.24, 2.45) is 0 Å². The van der Waals surface area contributed by atoms with Gasteiger partial charge in [0.1, 0.15) is 0 Å². The van der Waals surface area contributed by atoms with Gasteiger partial charge in [-0.15, -0.1) is 16.4 Å². The highest BCUT2D eigenvalue weighted by Gasteiger charge is 2.37. The second kappa shape index (κ2) is 8.30. The summed E-state index contributed by atoms with van der Waals surface area (Å²) in [5.41, 5.74) is 4.17. The zero-order valence-corrected chi connectivity index (χ0v) is 18.3. The standard InChI is InChI=1S/C21H19F3N6OS/c1-11-16(12(2)30-20(25-11)28-19(29-30)21(22,23)24)8-9-18(31)27-15-6-4-14(5-7-15)17-10-32-13(3)26-17/h4-7,10H,8-9H2,1-3H3,(H,27,31). The second-order valence-electron chi connectivity index (χ2n) is 7.28. The predicted octanol–water partition coefficient (Wildman–Crippen LogP) is 4.76. The topological polar surface area (TPSA) is 85.1 Å². The summed E-state index contributed by atoms with van der Waals surface area (Å²) in [6.07, 6.45) is -4.20. The number of hydrogen-bond donors (Lipinski definition) is 1. The molecule has 1 N–H and O–H groups in total.